The molecule has 4 heteroatoms. The Hall–Kier alpha value is -1.71. The molecule has 1 aliphatic carbocycles. The summed E-state index contributed by atoms with van der Waals surface area (Å²) in [5.74, 6) is 0.867. The molecule has 0 unspecified atom stereocenters. The molecule has 0 atom stereocenters. The number of ether oxygens (including phenoxy) is 2. The van der Waals surface area contributed by atoms with Gasteiger partial charge in [0.2, 0.25) is 0 Å². The zero-order valence-corrected chi connectivity index (χ0v) is 10.4. The van der Waals surface area contributed by atoms with Gasteiger partial charge >= 0.3 is 5.97 Å². The topological polar surface area (TPSA) is 61.5 Å². The zero-order valence-electron chi connectivity index (χ0n) is 10.4. The molecular formula is C14H19NO3. The molecule has 1 aromatic carbocycles. The summed E-state index contributed by atoms with van der Waals surface area (Å²) < 4.78 is 10.5. The molecule has 0 heterocycles. The molecule has 2 N–H and O–H groups in total. The number of hydrogen-bond donors (Lipinski definition) is 1. The Morgan fingerprint density at radius 1 is 1.22 bits per heavy atom. The van der Waals surface area contributed by atoms with Gasteiger partial charge in [0.05, 0.1) is 6.61 Å². The van der Waals surface area contributed by atoms with Gasteiger partial charge in [-0.25, -0.2) is 4.79 Å². The van der Waals surface area contributed by atoms with Gasteiger partial charge in [0.25, 0.3) is 0 Å². The van der Waals surface area contributed by atoms with Gasteiger partial charge in [-0.05, 0) is 43.0 Å². The van der Waals surface area contributed by atoms with Crippen LogP contribution in [0.2, 0.25) is 0 Å². The maximum atomic E-state index is 11.5. The Balaban J connectivity index is 1.66. The third-order valence-electron chi connectivity index (χ3n) is 3.19. The first kappa shape index (κ1) is 12.7. The van der Waals surface area contributed by atoms with Crippen molar-refractivity contribution in [3.63, 3.8) is 0 Å². The third kappa shape index (κ3) is 3.95. The van der Waals surface area contributed by atoms with Gasteiger partial charge in [-0.2, -0.15) is 0 Å². The molecule has 18 heavy (non-hydrogen) atoms. The van der Waals surface area contributed by atoms with E-state index in [1.165, 1.54) is 25.7 Å². The van der Waals surface area contributed by atoms with E-state index in [0.717, 1.165) is 0 Å². The maximum absolute atomic E-state index is 11.5. The van der Waals surface area contributed by atoms with Crippen molar-refractivity contribution in [1.82, 2.24) is 0 Å². The van der Waals surface area contributed by atoms with Crippen molar-refractivity contribution in [3.8, 4) is 5.75 Å². The lowest BCUT2D eigenvalue weighted by Crippen LogP contribution is -2.18. The van der Waals surface area contributed by atoms with Crippen molar-refractivity contribution >= 4 is 11.7 Å². The number of nitrogen functional groups attached to an aromatic ring is 1. The second kappa shape index (κ2) is 6.28. The van der Waals surface area contributed by atoms with Gasteiger partial charge in [0.1, 0.15) is 5.75 Å². The average Bonchev–Trinajstić information content (AvgIpc) is 2.89. The Kier molecular flexibility index (Phi) is 4.45. The SMILES string of the molecule is Nc1ccc(OCC(=O)OCC2CCCC2)cc1. The van der Waals surface area contributed by atoms with Gasteiger partial charge in [-0.1, -0.05) is 12.8 Å². The smallest absolute Gasteiger partial charge is 0.344 e. The average molecular weight is 249 g/mol. The van der Waals surface area contributed by atoms with E-state index in [-0.39, 0.29) is 12.6 Å². The van der Waals surface area contributed by atoms with E-state index in [1.54, 1.807) is 24.3 Å². The summed E-state index contributed by atoms with van der Waals surface area (Å²) in [5.41, 5.74) is 6.23. The number of carbonyl (C=O) groups is 1. The fourth-order valence-corrected chi connectivity index (χ4v) is 2.14. The number of nitrogens with two attached hydrogens (primary N) is 1. The molecule has 1 fully saturated rings. The first-order valence-corrected chi connectivity index (χ1v) is 6.38. The minimum Gasteiger partial charge on any atom is -0.482 e. The van der Waals surface area contributed by atoms with E-state index in [9.17, 15) is 4.79 Å². The Morgan fingerprint density at radius 3 is 2.56 bits per heavy atom. The summed E-state index contributed by atoms with van der Waals surface area (Å²) in [6.07, 6.45) is 4.85. The van der Waals surface area contributed by atoms with Crippen LogP contribution in [0, 0.1) is 5.92 Å². The molecule has 0 aliphatic heterocycles. The fourth-order valence-electron chi connectivity index (χ4n) is 2.14. The monoisotopic (exact) mass is 249 g/mol. The van der Waals surface area contributed by atoms with E-state index in [4.69, 9.17) is 15.2 Å². The van der Waals surface area contributed by atoms with Crippen LogP contribution >= 0.6 is 0 Å². The second-order valence-corrected chi connectivity index (χ2v) is 4.69. The van der Waals surface area contributed by atoms with Gasteiger partial charge in [0, 0.05) is 5.69 Å². The lowest BCUT2D eigenvalue weighted by molar-refractivity contribution is -0.147. The minimum atomic E-state index is -0.307. The number of rotatable bonds is 5. The van der Waals surface area contributed by atoms with Crippen molar-refractivity contribution in [3.05, 3.63) is 24.3 Å². The van der Waals surface area contributed by atoms with Crippen LogP contribution in [-0.4, -0.2) is 19.2 Å². The van der Waals surface area contributed by atoms with Crippen molar-refractivity contribution in [2.45, 2.75) is 25.7 Å². The summed E-state index contributed by atoms with van der Waals surface area (Å²) in [7, 11) is 0. The highest BCUT2D eigenvalue weighted by atomic mass is 16.6. The van der Waals surface area contributed by atoms with Crippen LogP contribution < -0.4 is 10.5 Å². The van der Waals surface area contributed by atoms with Gasteiger partial charge in [0.15, 0.2) is 6.61 Å². The first-order valence-electron chi connectivity index (χ1n) is 6.38. The summed E-state index contributed by atoms with van der Waals surface area (Å²) in [5, 5.41) is 0. The number of benzene rings is 1. The molecule has 1 aliphatic rings. The molecule has 4 nitrogen and oxygen atoms in total. The summed E-state index contributed by atoms with van der Waals surface area (Å²) in [4.78, 5) is 11.5. The van der Waals surface area contributed by atoms with Crippen LogP contribution in [0.1, 0.15) is 25.7 Å². The summed E-state index contributed by atoms with van der Waals surface area (Å²) in [6.45, 7) is 0.487. The van der Waals surface area contributed by atoms with Crippen molar-refractivity contribution in [2.24, 2.45) is 5.92 Å². The number of esters is 1. The number of hydrogen-bond acceptors (Lipinski definition) is 4. The number of anilines is 1. The quantitative estimate of drug-likeness (QED) is 0.643. The summed E-state index contributed by atoms with van der Waals surface area (Å²) >= 11 is 0. The highest BCUT2D eigenvalue weighted by Crippen LogP contribution is 2.24. The predicted octanol–water partition coefficient (Wildman–Crippen LogP) is 2.38. The first-order chi connectivity index (χ1) is 8.74. The van der Waals surface area contributed by atoms with E-state index in [0.29, 0.717) is 24.0 Å². The molecule has 2 rings (SSSR count). The van der Waals surface area contributed by atoms with Crippen LogP contribution in [-0.2, 0) is 9.53 Å². The lowest BCUT2D eigenvalue weighted by atomic mass is 10.1. The molecule has 0 amide bonds. The minimum absolute atomic E-state index is 0.0450. The largest absolute Gasteiger partial charge is 0.482 e. The maximum Gasteiger partial charge on any atom is 0.344 e. The van der Waals surface area contributed by atoms with Crippen LogP contribution in [0.4, 0.5) is 5.69 Å². The van der Waals surface area contributed by atoms with Crippen molar-refractivity contribution in [1.29, 1.82) is 0 Å². The van der Waals surface area contributed by atoms with E-state index in [1.807, 2.05) is 0 Å². The van der Waals surface area contributed by atoms with Gasteiger partial charge < -0.3 is 15.2 Å². The lowest BCUT2D eigenvalue weighted by Gasteiger charge is -2.10. The molecule has 0 saturated heterocycles. The standard InChI is InChI=1S/C14H19NO3/c15-12-5-7-13(8-6-12)17-10-14(16)18-9-11-3-1-2-4-11/h5-8,11H,1-4,9-10,15H2. The van der Waals surface area contributed by atoms with Crippen LogP contribution in [0.3, 0.4) is 0 Å². The molecular weight excluding hydrogens is 230 g/mol. The van der Waals surface area contributed by atoms with Gasteiger partial charge in [-0.15, -0.1) is 0 Å². The van der Waals surface area contributed by atoms with Gasteiger partial charge in [-0.3, -0.25) is 0 Å². The molecule has 1 saturated carbocycles. The molecule has 1 aromatic rings. The van der Waals surface area contributed by atoms with Crippen LogP contribution in [0.25, 0.3) is 0 Å². The molecule has 0 bridgehead atoms. The van der Waals surface area contributed by atoms with E-state index < -0.39 is 0 Å². The third-order valence-corrected chi connectivity index (χ3v) is 3.19. The Bertz CT molecular complexity index is 383. The molecule has 0 aromatic heterocycles. The van der Waals surface area contributed by atoms with Crippen LogP contribution in [0.15, 0.2) is 24.3 Å². The molecule has 98 valence electrons. The Morgan fingerprint density at radius 2 is 1.89 bits per heavy atom. The number of carbonyl (C=O) groups excluding carboxylic acids is 1. The highest BCUT2D eigenvalue weighted by Gasteiger charge is 2.16. The fraction of sp³-hybridized carbons (Fsp3) is 0.500. The molecule has 0 spiro atoms. The van der Waals surface area contributed by atoms with E-state index >= 15 is 0 Å². The Labute approximate surface area is 107 Å². The van der Waals surface area contributed by atoms with Crippen LogP contribution in [0.5, 0.6) is 5.75 Å². The van der Waals surface area contributed by atoms with E-state index in [2.05, 4.69) is 0 Å². The molecule has 0 radical (unpaired) electrons. The van der Waals surface area contributed by atoms with Crippen molar-refractivity contribution in [2.75, 3.05) is 18.9 Å². The van der Waals surface area contributed by atoms with Crippen molar-refractivity contribution < 1.29 is 14.3 Å². The normalized spacial score (nSPS) is 15.6. The summed E-state index contributed by atoms with van der Waals surface area (Å²) in [6, 6.07) is 6.94. The predicted molar refractivity (Wildman–Crippen MR) is 69.3 cm³/mol. The second-order valence-electron chi connectivity index (χ2n) is 4.69. The zero-order chi connectivity index (χ0) is 12.8. The highest BCUT2D eigenvalue weighted by molar-refractivity contribution is 5.71.